The predicted molar refractivity (Wildman–Crippen MR) is 60.4 cm³/mol. The monoisotopic (exact) mass is 240 g/mol. The van der Waals surface area contributed by atoms with E-state index in [0.29, 0.717) is 5.75 Å². The Labute approximate surface area is 98.9 Å². The topological polar surface area (TPSA) is 99.2 Å². The number of ether oxygens (including phenoxy) is 1. The van der Waals surface area contributed by atoms with Gasteiger partial charge in [0, 0.05) is 6.04 Å². The summed E-state index contributed by atoms with van der Waals surface area (Å²) < 4.78 is 7.01. The number of amides is 3. The minimum absolute atomic E-state index is 0.210. The van der Waals surface area contributed by atoms with Crippen molar-refractivity contribution in [2.24, 2.45) is 5.73 Å². The van der Waals surface area contributed by atoms with Gasteiger partial charge in [-0.2, -0.15) is 5.10 Å². The van der Waals surface area contributed by atoms with Gasteiger partial charge in [0.25, 0.3) is 5.91 Å². The van der Waals surface area contributed by atoms with E-state index in [2.05, 4.69) is 5.10 Å². The number of nitrogens with one attached hydrogen (secondary N) is 1. The maximum atomic E-state index is 11.3. The maximum Gasteiger partial charge on any atom is 0.318 e. The number of nitrogens with zero attached hydrogens (tertiary/aromatic N) is 2. The number of rotatable bonds is 4. The summed E-state index contributed by atoms with van der Waals surface area (Å²) in [5, 5.41) is 6.00. The highest BCUT2D eigenvalue weighted by molar-refractivity contribution is 5.95. The molecule has 0 aliphatic rings. The number of nitrogens with two attached hydrogens (primary N) is 1. The van der Waals surface area contributed by atoms with E-state index in [4.69, 9.17) is 10.5 Å². The first-order valence-electron chi connectivity index (χ1n) is 5.21. The zero-order chi connectivity index (χ0) is 13.0. The molecule has 1 aromatic heterocycles. The second-order valence-electron chi connectivity index (χ2n) is 3.86. The number of hydrogen-bond acceptors (Lipinski definition) is 4. The molecule has 7 nitrogen and oxygen atoms in total. The lowest BCUT2D eigenvalue weighted by Gasteiger charge is -2.11. The summed E-state index contributed by atoms with van der Waals surface area (Å²) in [4.78, 5) is 21.8. The van der Waals surface area contributed by atoms with Gasteiger partial charge in [0.2, 0.25) is 0 Å². The Hall–Kier alpha value is -2.05. The minimum Gasteiger partial charge on any atom is -0.478 e. The third-order valence-electron chi connectivity index (χ3n) is 2.04. The van der Waals surface area contributed by atoms with Crippen molar-refractivity contribution in [2.45, 2.75) is 32.9 Å². The van der Waals surface area contributed by atoms with E-state index in [-0.39, 0.29) is 6.04 Å². The van der Waals surface area contributed by atoms with Crippen molar-refractivity contribution in [1.82, 2.24) is 15.1 Å². The number of aromatic nitrogens is 2. The lowest BCUT2D eigenvalue weighted by atomic mass is 10.4. The van der Waals surface area contributed by atoms with Gasteiger partial charge in [-0.05, 0) is 20.8 Å². The Morgan fingerprint density at radius 1 is 1.47 bits per heavy atom. The summed E-state index contributed by atoms with van der Waals surface area (Å²) in [7, 11) is 0. The second-order valence-corrected chi connectivity index (χ2v) is 3.86. The third kappa shape index (κ3) is 3.78. The van der Waals surface area contributed by atoms with E-state index in [0.717, 1.165) is 0 Å². The van der Waals surface area contributed by atoms with E-state index in [1.54, 1.807) is 10.9 Å². The molecule has 0 saturated carbocycles. The molecular formula is C10H16N4O3. The third-order valence-corrected chi connectivity index (χ3v) is 2.04. The zero-order valence-electron chi connectivity index (χ0n) is 10.0. The molecule has 0 bridgehead atoms. The molecule has 1 heterocycles. The van der Waals surface area contributed by atoms with Crippen LogP contribution in [0.1, 0.15) is 26.8 Å². The average molecular weight is 240 g/mol. The number of urea groups is 1. The van der Waals surface area contributed by atoms with Crippen molar-refractivity contribution in [2.75, 3.05) is 0 Å². The Kier molecular flexibility index (Phi) is 4.08. The fourth-order valence-corrected chi connectivity index (χ4v) is 1.14. The zero-order valence-corrected chi connectivity index (χ0v) is 10.0. The summed E-state index contributed by atoms with van der Waals surface area (Å²) >= 11 is 0. The number of imide groups is 1. The first-order chi connectivity index (χ1) is 7.90. The van der Waals surface area contributed by atoms with Crippen LogP contribution in [-0.4, -0.2) is 27.8 Å². The van der Waals surface area contributed by atoms with Crippen LogP contribution < -0.4 is 15.8 Å². The lowest BCUT2D eigenvalue weighted by molar-refractivity contribution is -0.126. The highest BCUT2D eigenvalue weighted by Crippen LogP contribution is 2.13. The summed E-state index contributed by atoms with van der Waals surface area (Å²) in [6, 6.07) is -0.689. The highest BCUT2D eigenvalue weighted by atomic mass is 16.5. The van der Waals surface area contributed by atoms with Gasteiger partial charge in [-0.15, -0.1) is 0 Å². The van der Waals surface area contributed by atoms with Crippen LogP contribution in [0.2, 0.25) is 0 Å². The quantitative estimate of drug-likeness (QED) is 0.796. The van der Waals surface area contributed by atoms with Crippen LogP contribution in [0.15, 0.2) is 12.4 Å². The van der Waals surface area contributed by atoms with E-state index in [1.807, 2.05) is 19.2 Å². The predicted octanol–water partition coefficient (Wildman–Crippen LogP) is 0.426. The first kappa shape index (κ1) is 13.0. The second kappa shape index (κ2) is 5.33. The standard InChI is InChI=1S/C10H16N4O3/c1-6(2)14-5-8(4-12-14)17-7(3)9(15)13-10(11)16/h4-7H,1-3H3,(H3,11,13,15,16). The van der Waals surface area contributed by atoms with Crippen molar-refractivity contribution < 1.29 is 14.3 Å². The molecule has 1 aromatic rings. The number of carbonyl (C=O) groups is 2. The van der Waals surface area contributed by atoms with Crippen molar-refractivity contribution in [3.8, 4) is 5.75 Å². The van der Waals surface area contributed by atoms with Crippen molar-refractivity contribution >= 4 is 11.9 Å². The number of carbonyl (C=O) groups excluding carboxylic acids is 2. The molecule has 7 heteroatoms. The van der Waals surface area contributed by atoms with Gasteiger partial charge in [0.1, 0.15) is 0 Å². The molecule has 0 spiro atoms. The Morgan fingerprint density at radius 3 is 2.59 bits per heavy atom. The summed E-state index contributed by atoms with van der Waals surface area (Å²) in [5.74, 6) is -0.124. The molecule has 0 aliphatic carbocycles. The molecule has 17 heavy (non-hydrogen) atoms. The Bertz CT molecular complexity index is 413. The molecule has 3 N–H and O–H groups in total. The summed E-state index contributed by atoms with van der Waals surface area (Å²) in [6.07, 6.45) is 2.37. The van der Waals surface area contributed by atoms with E-state index in [9.17, 15) is 9.59 Å². The fourth-order valence-electron chi connectivity index (χ4n) is 1.14. The van der Waals surface area contributed by atoms with Gasteiger partial charge < -0.3 is 10.5 Å². The molecule has 1 rings (SSSR count). The number of primary amides is 1. The van der Waals surface area contributed by atoms with Gasteiger partial charge in [-0.25, -0.2) is 4.79 Å². The van der Waals surface area contributed by atoms with E-state index < -0.39 is 18.0 Å². The van der Waals surface area contributed by atoms with Crippen LogP contribution >= 0.6 is 0 Å². The van der Waals surface area contributed by atoms with Gasteiger partial charge in [0.05, 0.1) is 12.4 Å². The molecule has 0 fully saturated rings. The molecule has 3 amide bonds. The number of hydrogen-bond donors (Lipinski definition) is 2. The molecule has 0 aromatic carbocycles. The van der Waals surface area contributed by atoms with Crippen molar-refractivity contribution in [1.29, 1.82) is 0 Å². The SMILES string of the molecule is CC(Oc1cnn(C(C)C)c1)C(=O)NC(N)=O. The molecule has 0 saturated heterocycles. The molecule has 1 atom stereocenters. The van der Waals surface area contributed by atoms with Crippen molar-refractivity contribution in [3.05, 3.63) is 12.4 Å². The smallest absolute Gasteiger partial charge is 0.318 e. The van der Waals surface area contributed by atoms with Crippen LogP contribution in [-0.2, 0) is 4.79 Å². The molecular weight excluding hydrogens is 224 g/mol. The lowest BCUT2D eigenvalue weighted by Crippen LogP contribution is -2.42. The van der Waals surface area contributed by atoms with Crippen LogP contribution in [0.25, 0.3) is 0 Å². The van der Waals surface area contributed by atoms with Crippen LogP contribution in [0.4, 0.5) is 4.79 Å². The Balaban J connectivity index is 2.58. The Morgan fingerprint density at radius 2 is 2.12 bits per heavy atom. The van der Waals surface area contributed by atoms with Gasteiger partial charge in [-0.3, -0.25) is 14.8 Å². The van der Waals surface area contributed by atoms with E-state index in [1.165, 1.54) is 13.1 Å². The average Bonchev–Trinajstić information content (AvgIpc) is 2.65. The van der Waals surface area contributed by atoms with Crippen LogP contribution in [0, 0.1) is 0 Å². The maximum absolute atomic E-state index is 11.3. The fraction of sp³-hybridized carbons (Fsp3) is 0.500. The normalized spacial score (nSPS) is 12.2. The first-order valence-corrected chi connectivity index (χ1v) is 5.21. The summed E-state index contributed by atoms with van der Waals surface area (Å²) in [6.45, 7) is 5.46. The summed E-state index contributed by atoms with van der Waals surface area (Å²) in [5.41, 5.74) is 4.83. The molecule has 0 aliphatic heterocycles. The van der Waals surface area contributed by atoms with Crippen LogP contribution in [0.3, 0.4) is 0 Å². The molecule has 0 radical (unpaired) electrons. The van der Waals surface area contributed by atoms with Gasteiger partial charge in [0.15, 0.2) is 11.9 Å². The molecule has 1 unspecified atom stereocenters. The molecule has 94 valence electrons. The highest BCUT2D eigenvalue weighted by Gasteiger charge is 2.17. The van der Waals surface area contributed by atoms with Crippen LogP contribution in [0.5, 0.6) is 5.75 Å². The van der Waals surface area contributed by atoms with Gasteiger partial charge in [-0.1, -0.05) is 0 Å². The minimum atomic E-state index is -0.900. The largest absolute Gasteiger partial charge is 0.478 e. The van der Waals surface area contributed by atoms with Crippen molar-refractivity contribution in [3.63, 3.8) is 0 Å². The van der Waals surface area contributed by atoms with E-state index >= 15 is 0 Å². The van der Waals surface area contributed by atoms with Gasteiger partial charge >= 0.3 is 6.03 Å².